The highest BCUT2D eigenvalue weighted by Crippen LogP contribution is 2.26. The molecule has 0 aliphatic rings. The van der Waals surface area contributed by atoms with Crippen LogP contribution < -0.4 is 0 Å². The van der Waals surface area contributed by atoms with Crippen molar-refractivity contribution in [2.45, 2.75) is 19.9 Å². The molecule has 0 saturated heterocycles. The molecule has 1 heterocycles. The molecule has 2 rings (SSSR count). The van der Waals surface area contributed by atoms with Crippen molar-refractivity contribution < 1.29 is 9.90 Å². The molecular weight excluding hydrogens is 246 g/mol. The van der Waals surface area contributed by atoms with Crippen LogP contribution in [0.2, 0.25) is 0 Å². The van der Waals surface area contributed by atoms with E-state index in [1.807, 2.05) is 17.0 Å². The zero-order chi connectivity index (χ0) is 13.0. The van der Waals surface area contributed by atoms with E-state index in [4.69, 9.17) is 5.11 Å². The maximum atomic E-state index is 10.8. The van der Waals surface area contributed by atoms with Crippen LogP contribution in [-0.4, -0.2) is 29.1 Å². The average molecular weight is 263 g/mol. The van der Waals surface area contributed by atoms with Crippen LogP contribution in [0, 0.1) is 0 Å². The normalized spacial score (nSPS) is 11.2. The van der Waals surface area contributed by atoms with Gasteiger partial charge in [0.15, 0.2) is 0 Å². The first-order valence-corrected chi connectivity index (χ1v) is 6.98. The van der Waals surface area contributed by atoms with Crippen molar-refractivity contribution in [3.8, 4) is 0 Å². The third kappa shape index (κ3) is 3.09. The fourth-order valence-electron chi connectivity index (χ4n) is 2.12. The molecular formula is C14H17NO2S. The van der Waals surface area contributed by atoms with E-state index in [9.17, 15) is 4.79 Å². The third-order valence-electron chi connectivity index (χ3n) is 2.85. The highest BCUT2D eigenvalue weighted by molar-refractivity contribution is 7.17. The number of carboxylic acid groups (broad SMARTS) is 1. The van der Waals surface area contributed by atoms with Gasteiger partial charge in [-0.15, -0.1) is 11.3 Å². The molecule has 0 amide bonds. The fourth-order valence-corrected chi connectivity index (χ4v) is 3.07. The molecule has 1 aromatic heterocycles. The topological polar surface area (TPSA) is 40.5 Å². The summed E-state index contributed by atoms with van der Waals surface area (Å²) in [5, 5.41) is 12.3. The van der Waals surface area contributed by atoms with Gasteiger partial charge in [-0.1, -0.05) is 25.1 Å². The van der Waals surface area contributed by atoms with E-state index in [1.165, 1.54) is 15.6 Å². The van der Waals surface area contributed by atoms with Gasteiger partial charge >= 0.3 is 5.97 Å². The Kier molecular flexibility index (Phi) is 4.33. The summed E-state index contributed by atoms with van der Waals surface area (Å²) in [4.78, 5) is 12.8. The van der Waals surface area contributed by atoms with Gasteiger partial charge in [0, 0.05) is 11.2 Å². The SMILES string of the molecule is CCCN(CC(=O)O)Cc1csc2ccccc12. The van der Waals surface area contributed by atoms with Gasteiger partial charge in [-0.05, 0) is 35.4 Å². The Labute approximate surface area is 111 Å². The first-order chi connectivity index (χ1) is 8.70. The maximum Gasteiger partial charge on any atom is 0.317 e. The zero-order valence-electron chi connectivity index (χ0n) is 10.4. The highest BCUT2D eigenvalue weighted by Gasteiger charge is 2.12. The van der Waals surface area contributed by atoms with Crippen molar-refractivity contribution in [1.82, 2.24) is 4.90 Å². The van der Waals surface area contributed by atoms with Crippen LogP contribution in [0.1, 0.15) is 18.9 Å². The van der Waals surface area contributed by atoms with Crippen molar-refractivity contribution in [1.29, 1.82) is 0 Å². The largest absolute Gasteiger partial charge is 0.480 e. The van der Waals surface area contributed by atoms with Gasteiger partial charge in [-0.2, -0.15) is 0 Å². The maximum absolute atomic E-state index is 10.8. The summed E-state index contributed by atoms with van der Waals surface area (Å²) in [6.45, 7) is 3.71. The first kappa shape index (κ1) is 13.1. The van der Waals surface area contributed by atoms with Crippen LogP contribution in [0.25, 0.3) is 10.1 Å². The van der Waals surface area contributed by atoms with Crippen molar-refractivity contribution in [3.05, 3.63) is 35.2 Å². The summed E-state index contributed by atoms with van der Waals surface area (Å²) in [5.74, 6) is -0.761. The lowest BCUT2D eigenvalue weighted by Gasteiger charge is -2.18. The number of hydrogen-bond donors (Lipinski definition) is 1. The minimum Gasteiger partial charge on any atom is -0.480 e. The van der Waals surface area contributed by atoms with Crippen LogP contribution in [-0.2, 0) is 11.3 Å². The van der Waals surface area contributed by atoms with Gasteiger partial charge in [0.25, 0.3) is 0 Å². The Morgan fingerprint density at radius 1 is 1.39 bits per heavy atom. The van der Waals surface area contributed by atoms with Gasteiger partial charge in [-0.3, -0.25) is 9.69 Å². The summed E-state index contributed by atoms with van der Waals surface area (Å²) < 4.78 is 1.26. The number of carboxylic acids is 1. The molecule has 2 aromatic rings. The van der Waals surface area contributed by atoms with Crippen molar-refractivity contribution in [2.24, 2.45) is 0 Å². The fraction of sp³-hybridized carbons (Fsp3) is 0.357. The molecule has 0 unspecified atom stereocenters. The molecule has 1 N–H and O–H groups in total. The molecule has 0 spiro atoms. The highest BCUT2D eigenvalue weighted by atomic mass is 32.1. The third-order valence-corrected chi connectivity index (χ3v) is 3.87. The van der Waals surface area contributed by atoms with E-state index < -0.39 is 5.97 Å². The molecule has 0 fully saturated rings. The number of fused-ring (bicyclic) bond motifs is 1. The minimum absolute atomic E-state index is 0.109. The van der Waals surface area contributed by atoms with E-state index in [0.29, 0.717) is 6.54 Å². The molecule has 0 bridgehead atoms. The number of hydrogen-bond acceptors (Lipinski definition) is 3. The second kappa shape index (κ2) is 5.98. The number of thiophene rings is 1. The summed E-state index contributed by atoms with van der Waals surface area (Å²) in [5.41, 5.74) is 1.23. The molecule has 0 saturated carbocycles. The standard InChI is InChI=1S/C14H17NO2S/c1-2-7-15(9-14(16)17)8-11-10-18-13-6-4-3-5-12(11)13/h3-6,10H,2,7-9H2,1H3,(H,16,17). The van der Waals surface area contributed by atoms with Gasteiger partial charge in [0.1, 0.15) is 0 Å². The Balaban J connectivity index is 2.17. The zero-order valence-corrected chi connectivity index (χ0v) is 11.2. The van der Waals surface area contributed by atoms with Crippen LogP contribution in [0.4, 0.5) is 0 Å². The smallest absolute Gasteiger partial charge is 0.317 e. The van der Waals surface area contributed by atoms with Crippen LogP contribution in [0.15, 0.2) is 29.6 Å². The lowest BCUT2D eigenvalue weighted by Crippen LogP contribution is -2.29. The van der Waals surface area contributed by atoms with E-state index in [1.54, 1.807) is 11.3 Å². The Morgan fingerprint density at radius 2 is 2.17 bits per heavy atom. The van der Waals surface area contributed by atoms with Gasteiger partial charge in [0.2, 0.25) is 0 Å². The molecule has 18 heavy (non-hydrogen) atoms. The van der Waals surface area contributed by atoms with Gasteiger partial charge in [0.05, 0.1) is 6.54 Å². The summed E-state index contributed by atoms with van der Waals surface area (Å²) in [7, 11) is 0. The molecule has 0 aliphatic heterocycles. The average Bonchev–Trinajstić information content (AvgIpc) is 2.72. The lowest BCUT2D eigenvalue weighted by molar-refractivity contribution is -0.138. The molecule has 0 radical (unpaired) electrons. The lowest BCUT2D eigenvalue weighted by atomic mass is 10.1. The number of aliphatic carboxylic acids is 1. The molecule has 1 aromatic carbocycles. The minimum atomic E-state index is -0.761. The Bertz CT molecular complexity index is 535. The van der Waals surface area contributed by atoms with E-state index >= 15 is 0 Å². The second-order valence-electron chi connectivity index (χ2n) is 4.36. The Hall–Kier alpha value is -1.39. The van der Waals surface area contributed by atoms with E-state index in [0.717, 1.165) is 13.0 Å². The van der Waals surface area contributed by atoms with Crippen molar-refractivity contribution >= 4 is 27.4 Å². The number of benzene rings is 1. The first-order valence-electron chi connectivity index (χ1n) is 6.10. The van der Waals surface area contributed by atoms with Crippen LogP contribution >= 0.6 is 11.3 Å². The second-order valence-corrected chi connectivity index (χ2v) is 5.27. The Morgan fingerprint density at radius 3 is 2.89 bits per heavy atom. The van der Waals surface area contributed by atoms with Crippen LogP contribution in [0.3, 0.4) is 0 Å². The monoisotopic (exact) mass is 263 g/mol. The summed E-state index contributed by atoms with van der Waals surface area (Å²) in [6.07, 6.45) is 0.968. The predicted molar refractivity (Wildman–Crippen MR) is 75.0 cm³/mol. The van der Waals surface area contributed by atoms with Crippen molar-refractivity contribution in [3.63, 3.8) is 0 Å². The summed E-state index contributed by atoms with van der Waals surface area (Å²) >= 11 is 1.72. The molecule has 96 valence electrons. The van der Waals surface area contributed by atoms with E-state index in [2.05, 4.69) is 24.4 Å². The summed E-state index contributed by atoms with van der Waals surface area (Å²) in [6, 6.07) is 8.26. The van der Waals surface area contributed by atoms with Gasteiger partial charge in [-0.25, -0.2) is 0 Å². The molecule has 0 atom stereocenters. The predicted octanol–water partition coefficient (Wildman–Crippen LogP) is 3.20. The van der Waals surface area contributed by atoms with Crippen LogP contribution in [0.5, 0.6) is 0 Å². The van der Waals surface area contributed by atoms with Crippen molar-refractivity contribution in [2.75, 3.05) is 13.1 Å². The molecule has 3 nitrogen and oxygen atoms in total. The van der Waals surface area contributed by atoms with E-state index in [-0.39, 0.29) is 6.54 Å². The number of carbonyl (C=O) groups is 1. The van der Waals surface area contributed by atoms with Gasteiger partial charge < -0.3 is 5.11 Å². The molecule has 0 aliphatic carbocycles. The molecule has 4 heteroatoms. The quantitative estimate of drug-likeness (QED) is 0.870. The number of rotatable bonds is 6. The number of nitrogens with zero attached hydrogens (tertiary/aromatic N) is 1.